The molecule has 2 heterocycles. The summed E-state index contributed by atoms with van der Waals surface area (Å²) < 4.78 is 0. The molecule has 0 saturated heterocycles. The van der Waals surface area contributed by atoms with Gasteiger partial charge in [-0.3, -0.25) is 0 Å². The molecule has 0 spiro atoms. The summed E-state index contributed by atoms with van der Waals surface area (Å²) in [5.74, 6) is 3.99. The molecular formula is C15H19N3S. The number of hydrogen-bond acceptors (Lipinski definition) is 4. The number of nitrogens with two attached hydrogens (primary N) is 1. The van der Waals surface area contributed by atoms with E-state index in [1.54, 1.807) is 11.3 Å². The SMILES string of the molecule is Cc1sc2nc(C3CC4CCC3C4)nc(N)c2c1C. The van der Waals surface area contributed by atoms with E-state index in [-0.39, 0.29) is 0 Å². The van der Waals surface area contributed by atoms with Crippen LogP contribution in [-0.4, -0.2) is 9.97 Å². The van der Waals surface area contributed by atoms with E-state index >= 15 is 0 Å². The first-order valence-electron chi connectivity index (χ1n) is 7.16. The van der Waals surface area contributed by atoms with Crippen LogP contribution in [0.3, 0.4) is 0 Å². The molecular weight excluding hydrogens is 254 g/mol. The molecule has 2 aliphatic carbocycles. The summed E-state index contributed by atoms with van der Waals surface area (Å²) in [4.78, 5) is 11.9. The molecule has 3 unspecified atom stereocenters. The van der Waals surface area contributed by atoms with Gasteiger partial charge in [0, 0.05) is 10.8 Å². The number of nitrogen functional groups attached to an aromatic ring is 1. The standard InChI is InChI=1S/C15H19N3S/c1-7-8(2)19-15-12(7)13(16)17-14(18-15)11-6-9-3-4-10(11)5-9/h9-11H,3-6H2,1-2H3,(H2,16,17,18). The van der Waals surface area contributed by atoms with Crippen molar-refractivity contribution >= 4 is 27.4 Å². The third-order valence-corrected chi connectivity index (χ3v) is 6.24. The highest BCUT2D eigenvalue weighted by atomic mass is 32.1. The van der Waals surface area contributed by atoms with E-state index in [0.717, 1.165) is 27.9 Å². The summed E-state index contributed by atoms with van der Waals surface area (Å²) in [6.07, 6.45) is 5.43. The maximum absolute atomic E-state index is 6.19. The Morgan fingerprint density at radius 3 is 2.68 bits per heavy atom. The minimum atomic E-state index is 0.563. The second kappa shape index (κ2) is 3.92. The molecule has 3 nitrogen and oxygen atoms in total. The summed E-state index contributed by atoms with van der Waals surface area (Å²) in [5.41, 5.74) is 7.44. The van der Waals surface area contributed by atoms with Crippen LogP contribution in [0.5, 0.6) is 0 Å². The summed E-state index contributed by atoms with van der Waals surface area (Å²) in [5, 5.41) is 1.08. The highest BCUT2D eigenvalue weighted by Crippen LogP contribution is 2.52. The average Bonchev–Trinajstić information content (AvgIpc) is 3.05. The Bertz CT molecular complexity index is 661. The molecule has 2 fully saturated rings. The number of hydrogen-bond donors (Lipinski definition) is 1. The van der Waals surface area contributed by atoms with E-state index in [1.807, 2.05) is 0 Å². The molecule has 100 valence electrons. The molecule has 2 aliphatic rings. The lowest BCUT2D eigenvalue weighted by molar-refractivity contribution is 0.406. The second-order valence-corrected chi connectivity index (χ2v) is 7.41. The van der Waals surface area contributed by atoms with Crippen LogP contribution in [0.4, 0.5) is 5.82 Å². The molecule has 2 N–H and O–H groups in total. The molecule has 19 heavy (non-hydrogen) atoms. The van der Waals surface area contributed by atoms with Crippen molar-refractivity contribution in [3.05, 3.63) is 16.3 Å². The van der Waals surface area contributed by atoms with Crippen molar-refractivity contribution in [1.29, 1.82) is 0 Å². The number of aromatic nitrogens is 2. The first-order chi connectivity index (χ1) is 9.13. The van der Waals surface area contributed by atoms with Gasteiger partial charge in [-0.15, -0.1) is 11.3 Å². The van der Waals surface area contributed by atoms with Crippen LogP contribution in [0.15, 0.2) is 0 Å². The Morgan fingerprint density at radius 1 is 1.16 bits per heavy atom. The highest BCUT2D eigenvalue weighted by molar-refractivity contribution is 7.18. The quantitative estimate of drug-likeness (QED) is 0.860. The number of thiophene rings is 1. The van der Waals surface area contributed by atoms with E-state index in [2.05, 4.69) is 18.8 Å². The highest BCUT2D eigenvalue weighted by Gasteiger charge is 2.41. The van der Waals surface area contributed by atoms with E-state index in [1.165, 1.54) is 36.1 Å². The van der Waals surface area contributed by atoms with Crippen molar-refractivity contribution in [3.8, 4) is 0 Å². The van der Waals surface area contributed by atoms with Crippen molar-refractivity contribution in [3.63, 3.8) is 0 Å². The minimum absolute atomic E-state index is 0.563. The van der Waals surface area contributed by atoms with Crippen molar-refractivity contribution in [2.45, 2.75) is 45.4 Å². The van der Waals surface area contributed by atoms with Crippen LogP contribution in [0.2, 0.25) is 0 Å². The van der Waals surface area contributed by atoms with E-state index in [9.17, 15) is 0 Å². The molecule has 0 aliphatic heterocycles. The van der Waals surface area contributed by atoms with Crippen molar-refractivity contribution < 1.29 is 0 Å². The maximum Gasteiger partial charge on any atom is 0.136 e. The average molecular weight is 273 g/mol. The first kappa shape index (κ1) is 11.6. The third-order valence-electron chi connectivity index (χ3n) is 5.14. The molecule has 2 saturated carbocycles. The topological polar surface area (TPSA) is 51.8 Å². The zero-order chi connectivity index (χ0) is 13.1. The molecule has 0 radical (unpaired) electrons. The maximum atomic E-state index is 6.19. The fourth-order valence-electron chi connectivity index (χ4n) is 4.02. The summed E-state index contributed by atoms with van der Waals surface area (Å²) in [7, 11) is 0. The van der Waals surface area contributed by atoms with Crippen LogP contribution in [0.1, 0.15) is 47.9 Å². The molecule has 0 amide bonds. The van der Waals surface area contributed by atoms with Crippen molar-refractivity contribution in [1.82, 2.24) is 9.97 Å². The van der Waals surface area contributed by atoms with E-state index in [0.29, 0.717) is 11.7 Å². The largest absolute Gasteiger partial charge is 0.383 e. The molecule has 2 aromatic rings. The van der Waals surface area contributed by atoms with Gasteiger partial charge in [0.1, 0.15) is 16.5 Å². The summed E-state index contributed by atoms with van der Waals surface area (Å²) in [6.45, 7) is 4.25. The van der Waals surface area contributed by atoms with Crippen LogP contribution < -0.4 is 5.73 Å². The van der Waals surface area contributed by atoms with Gasteiger partial charge in [0.15, 0.2) is 0 Å². The van der Waals surface area contributed by atoms with Gasteiger partial charge < -0.3 is 5.73 Å². The van der Waals surface area contributed by atoms with Gasteiger partial charge in [0.2, 0.25) is 0 Å². The van der Waals surface area contributed by atoms with E-state index in [4.69, 9.17) is 10.7 Å². The lowest BCUT2D eigenvalue weighted by Crippen LogP contribution is -2.13. The number of aryl methyl sites for hydroxylation is 2. The van der Waals surface area contributed by atoms with Gasteiger partial charge in [-0.1, -0.05) is 6.42 Å². The number of nitrogens with zero attached hydrogens (tertiary/aromatic N) is 2. The first-order valence-corrected chi connectivity index (χ1v) is 7.98. The zero-order valence-corrected chi connectivity index (χ0v) is 12.3. The number of rotatable bonds is 1. The Kier molecular flexibility index (Phi) is 2.40. The molecule has 4 rings (SSSR count). The number of anilines is 1. The molecule has 3 atom stereocenters. The van der Waals surface area contributed by atoms with E-state index < -0.39 is 0 Å². The van der Waals surface area contributed by atoms with Crippen molar-refractivity contribution in [2.24, 2.45) is 11.8 Å². The van der Waals surface area contributed by atoms with Crippen molar-refractivity contribution in [2.75, 3.05) is 5.73 Å². The van der Waals surface area contributed by atoms with Crippen LogP contribution in [-0.2, 0) is 0 Å². The van der Waals surface area contributed by atoms with Gasteiger partial charge in [-0.25, -0.2) is 9.97 Å². The summed E-state index contributed by atoms with van der Waals surface area (Å²) in [6, 6.07) is 0. The summed E-state index contributed by atoms with van der Waals surface area (Å²) >= 11 is 1.75. The van der Waals surface area contributed by atoms with Gasteiger partial charge in [0.25, 0.3) is 0 Å². The Hall–Kier alpha value is -1.16. The Labute approximate surface area is 117 Å². The zero-order valence-electron chi connectivity index (χ0n) is 11.4. The lowest BCUT2D eigenvalue weighted by atomic mass is 9.88. The van der Waals surface area contributed by atoms with Gasteiger partial charge in [-0.05, 0) is 50.5 Å². The molecule has 2 bridgehead atoms. The third kappa shape index (κ3) is 1.62. The lowest BCUT2D eigenvalue weighted by Gasteiger charge is -2.20. The normalized spacial score (nSPS) is 29.5. The molecule has 4 heteroatoms. The second-order valence-electron chi connectivity index (χ2n) is 6.21. The van der Waals surface area contributed by atoms with Crippen LogP contribution in [0, 0.1) is 25.7 Å². The minimum Gasteiger partial charge on any atom is -0.383 e. The predicted octanol–water partition coefficient (Wildman–Crippen LogP) is 3.79. The van der Waals surface area contributed by atoms with Gasteiger partial charge in [0.05, 0.1) is 5.39 Å². The Balaban J connectivity index is 1.83. The van der Waals surface area contributed by atoms with Crippen LogP contribution in [0.25, 0.3) is 10.2 Å². The van der Waals surface area contributed by atoms with Crippen LogP contribution >= 0.6 is 11.3 Å². The number of fused-ring (bicyclic) bond motifs is 3. The predicted molar refractivity (Wildman–Crippen MR) is 79.5 cm³/mol. The smallest absolute Gasteiger partial charge is 0.136 e. The molecule has 0 aromatic carbocycles. The fraction of sp³-hybridized carbons (Fsp3) is 0.600. The van der Waals surface area contributed by atoms with Gasteiger partial charge in [-0.2, -0.15) is 0 Å². The monoisotopic (exact) mass is 273 g/mol. The van der Waals surface area contributed by atoms with Gasteiger partial charge >= 0.3 is 0 Å². The fourth-order valence-corrected chi connectivity index (χ4v) is 5.07. The molecule has 2 aromatic heterocycles. The Morgan fingerprint density at radius 2 is 2.00 bits per heavy atom.